The Hall–Kier alpha value is -2.45. The third-order valence-corrected chi connectivity index (χ3v) is 5.47. The molecule has 0 bridgehead atoms. The van der Waals surface area contributed by atoms with E-state index in [0.29, 0.717) is 24.0 Å². The molecule has 1 aromatic heterocycles. The number of ether oxygens (including phenoxy) is 1. The number of fused-ring (bicyclic) bond motifs is 1. The quantitative estimate of drug-likeness (QED) is 0.373. The van der Waals surface area contributed by atoms with Gasteiger partial charge in [-0.2, -0.15) is 0 Å². The molecule has 1 saturated heterocycles. The van der Waals surface area contributed by atoms with Crippen LogP contribution in [0.4, 0.5) is 5.69 Å². The summed E-state index contributed by atoms with van der Waals surface area (Å²) in [6.07, 6.45) is 6.03. The third kappa shape index (κ3) is 5.55. The van der Waals surface area contributed by atoms with E-state index < -0.39 is 4.92 Å². The van der Waals surface area contributed by atoms with Gasteiger partial charge in [-0.15, -0.1) is 0 Å². The first-order valence-corrected chi connectivity index (χ1v) is 10.4. The maximum atomic E-state index is 13.3. The summed E-state index contributed by atoms with van der Waals surface area (Å²) in [5.41, 5.74) is 1.23. The SMILES string of the molecule is CCCCCCN(CCN1CCOCC1)C(=O)c1c[nH]c2ccc([N+](=O)[O-])cc12. The Kier molecular flexibility index (Phi) is 7.60. The van der Waals surface area contributed by atoms with Crippen LogP contribution in [0.2, 0.25) is 0 Å². The van der Waals surface area contributed by atoms with Gasteiger partial charge in [-0.3, -0.25) is 19.8 Å². The first kappa shape index (κ1) is 21.3. The number of amides is 1. The number of morpholine rings is 1. The van der Waals surface area contributed by atoms with Crippen molar-refractivity contribution in [1.29, 1.82) is 0 Å². The molecule has 8 nitrogen and oxygen atoms in total. The highest BCUT2D eigenvalue weighted by Gasteiger charge is 2.22. The van der Waals surface area contributed by atoms with Gasteiger partial charge in [0.05, 0.1) is 23.7 Å². The van der Waals surface area contributed by atoms with Crippen LogP contribution in [0.3, 0.4) is 0 Å². The lowest BCUT2D eigenvalue weighted by Crippen LogP contribution is -2.43. The summed E-state index contributed by atoms with van der Waals surface area (Å²) in [6.45, 7) is 7.56. The number of unbranched alkanes of at least 4 members (excludes halogenated alkanes) is 3. The normalized spacial score (nSPS) is 14.9. The monoisotopic (exact) mass is 402 g/mol. The number of nitrogens with zero attached hydrogens (tertiary/aromatic N) is 3. The Balaban J connectivity index is 1.75. The summed E-state index contributed by atoms with van der Waals surface area (Å²) in [6, 6.07) is 4.59. The maximum absolute atomic E-state index is 13.3. The standard InChI is InChI=1S/C21H30N4O4/c1-2-3-4-5-8-24(10-9-23-11-13-29-14-12-23)21(26)19-16-22-20-7-6-17(25(27)28)15-18(19)20/h6-7,15-16,22H,2-5,8-14H2,1H3. The van der Waals surface area contributed by atoms with Crippen LogP contribution in [-0.4, -0.2) is 71.6 Å². The number of carbonyl (C=O) groups excluding carboxylic acids is 1. The molecule has 1 aliphatic heterocycles. The lowest BCUT2D eigenvalue weighted by Gasteiger charge is -2.30. The van der Waals surface area contributed by atoms with E-state index in [2.05, 4.69) is 16.8 Å². The van der Waals surface area contributed by atoms with Crippen LogP contribution in [0, 0.1) is 10.1 Å². The van der Waals surface area contributed by atoms with Crippen LogP contribution in [0.1, 0.15) is 43.0 Å². The van der Waals surface area contributed by atoms with Crippen molar-refractivity contribution in [2.45, 2.75) is 32.6 Å². The van der Waals surface area contributed by atoms with E-state index in [1.54, 1.807) is 12.3 Å². The van der Waals surface area contributed by atoms with Gasteiger partial charge in [-0.1, -0.05) is 26.2 Å². The number of nitro benzene ring substituents is 1. The van der Waals surface area contributed by atoms with Gasteiger partial charge in [-0.05, 0) is 12.5 Å². The molecule has 0 atom stereocenters. The smallest absolute Gasteiger partial charge is 0.270 e. The number of rotatable bonds is 10. The number of aromatic amines is 1. The molecule has 1 fully saturated rings. The van der Waals surface area contributed by atoms with Crippen molar-refractivity contribution >= 4 is 22.5 Å². The fourth-order valence-corrected chi connectivity index (χ4v) is 3.70. The minimum absolute atomic E-state index is 0.00559. The van der Waals surface area contributed by atoms with Crippen molar-refractivity contribution in [3.63, 3.8) is 0 Å². The van der Waals surface area contributed by atoms with E-state index in [4.69, 9.17) is 4.74 Å². The molecule has 2 aromatic rings. The first-order chi connectivity index (χ1) is 14.1. The fourth-order valence-electron chi connectivity index (χ4n) is 3.70. The number of nitrogens with one attached hydrogen (secondary N) is 1. The highest BCUT2D eigenvalue weighted by atomic mass is 16.6. The fraction of sp³-hybridized carbons (Fsp3) is 0.571. The molecule has 3 rings (SSSR count). The zero-order chi connectivity index (χ0) is 20.6. The molecule has 2 heterocycles. The lowest BCUT2D eigenvalue weighted by molar-refractivity contribution is -0.384. The summed E-state index contributed by atoms with van der Waals surface area (Å²) >= 11 is 0. The molecular formula is C21H30N4O4. The zero-order valence-corrected chi connectivity index (χ0v) is 17.1. The number of hydrogen-bond donors (Lipinski definition) is 1. The molecule has 158 valence electrons. The molecule has 0 unspecified atom stereocenters. The highest BCUT2D eigenvalue weighted by Crippen LogP contribution is 2.25. The van der Waals surface area contributed by atoms with E-state index in [9.17, 15) is 14.9 Å². The molecule has 0 spiro atoms. The van der Waals surface area contributed by atoms with Crippen LogP contribution in [-0.2, 0) is 4.74 Å². The van der Waals surface area contributed by atoms with Crippen molar-refractivity contribution < 1.29 is 14.5 Å². The molecule has 1 N–H and O–H groups in total. The lowest BCUT2D eigenvalue weighted by atomic mass is 10.1. The predicted octanol–water partition coefficient (Wildman–Crippen LogP) is 3.43. The van der Waals surface area contributed by atoms with E-state index in [-0.39, 0.29) is 11.6 Å². The van der Waals surface area contributed by atoms with Crippen LogP contribution in [0.25, 0.3) is 10.9 Å². The summed E-state index contributed by atoms with van der Waals surface area (Å²) < 4.78 is 5.40. The van der Waals surface area contributed by atoms with Crippen molar-refractivity contribution in [2.24, 2.45) is 0 Å². The average molecular weight is 402 g/mol. The Bertz CT molecular complexity index is 829. The number of nitro groups is 1. The summed E-state index contributed by atoms with van der Waals surface area (Å²) in [7, 11) is 0. The van der Waals surface area contributed by atoms with E-state index in [0.717, 1.165) is 64.0 Å². The minimum atomic E-state index is -0.429. The van der Waals surface area contributed by atoms with Crippen molar-refractivity contribution in [2.75, 3.05) is 45.9 Å². The number of non-ortho nitro benzene ring substituents is 1. The van der Waals surface area contributed by atoms with Crippen molar-refractivity contribution in [1.82, 2.24) is 14.8 Å². The van der Waals surface area contributed by atoms with Crippen molar-refractivity contribution in [3.05, 3.63) is 40.1 Å². The van der Waals surface area contributed by atoms with Crippen LogP contribution in [0.5, 0.6) is 0 Å². The molecule has 0 saturated carbocycles. The third-order valence-electron chi connectivity index (χ3n) is 5.47. The van der Waals surface area contributed by atoms with Gasteiger partial charge in [0.25, 0.3) is 11.6 Å². The van der Waals surface area contributed by atoms with Gasteiger partial charge >= 0.3 is 0 Å². The van der Waals surface area contributed by atoms with Crippen LogP contribution in [0.15, 0.2) is 24.4 Å². The predicted molar refractivity (Wildman–Crippen MR) is 112 cm³/mol. The Morgan fingerprint density at radius 1 is 1.24 bits per heavy atom. The van der Waals surface area contributed by atoms with Gasteiger partial charge in [0, 0.05) is 62.0 Å². The molecule has 29 heavy (non-hydrogen) atoms. The molecular weight excluding hydrogens is 372 g/mol. The molecule has 0 aliphatic carbocycles. The summed E-state index contributed by atoms with van der Waals surface area (Å²) in [4.78, 5) is 31.3. The number of aromatic nitrogens is 1. The molecule has 0 radical (unpaired) electrons. The van der Waals surface area contributed by atoms with Gasteiger partial charge in [0.1, 0.15) is 0 Å². The van der Waals surface area contributed by atoms with Crippen LogP contribution < -0.4 is 0 Å². The van der Waals surface area contributed by atoms with Gasteiger partial charge in [-0.25, -0.2) is 0 Å². The topological polar surface area (TPSA) is 91.7 Å². The van der Waals surface area contributed by atoms with Gasteiger partial charge < -0.3 is 14.6 Å². The van der Waals surface area contributed by atoms with Crippen LogP contribution >= 0.6 is 0 Å². The number of H-pyrrole nitrogens is 1. The summed E-state index contributed by atoms with van der Waals surface area (Å²) in [5.74, 6) is -0.0681. The van der Waals surface area contributed by atoms with E-state index in [1.807, 2.05) is 4.90 Å². The highest BCUT2D eigenvalue weighted by molar-refractivity contribution is 6.07. The Labute approximate surface area is 171 Å². The van der Waals surface area contributed by atoms with Gasteiger partial charge in [0.2, 0.25) is 0 Å². The molecule has 1 aliphatic rings. The second-order valence-electron chi connectivity index (χ2n) is 7.50. The Morgan fingerprint density at radius 2 is 2.03 bits per heavy atom. The molecule has 8 heteroatoms. The molecule has 1 amide bonds. The Morgan fingerprint density at radius 3 is 2.76 bits per heavy atom. The molecule has 1 aromatic carbocycles. The largest absolute Gasteiger partial charge is 0.379 e. The number of hydrogen-bond acceptors (Lipinski definition) is 5. The maximum Gasteiger partial charge on any atom is 0.270 e. The first-order valence-electron chi connectivity index (χ1n) is 10.4. The average Bonchev–Trinajstić information content (AvgIpc) is 3.16. The second-order valence-corrected chi connectivity index (χ2v) is 7.50. The zero-order valence-electron chi connectivity index (χ0n) is 17.1. The number of carbonyl (C=O) groups is 1. The van der Waals surface area contributed by atoms with Crippen molar-refractivity contribution in [3.8, 4) is 0 Å². The minimum Gasteiger partial charge on any atom is -0.379 e. The van der Waals surface area contributed by atoms with Gasteiger partial charge in [0.15, 0.2) is 0 Å². The second kappa shape index (κ2) is 10.4. The van der Waals surface area contributed by atoms with E-state index >= 15 is 0 Å². The van der Waals surface area contributed by atoms with E-state index in [1.165, 1.54) is 12.1 Å². The summed E-state index contributed by atoms with van der Waals surface area (Å²) in [5, 5.41) is 11.8. The number of benzene rings is 1.